The maximum absolute atomic E-state index is 16.8. The van der Waals surface area contributed by atoms with Gasteiger partial charge in [0.2, 0.25) is 6.54 Å². The Morgan fingerprint density at radius 1 is 1.02 bits per heavy atom. The number of piperazine rings is 1. The van der Waals surface area contributed by atoms with Crippen LogP contribution in [0, 0.1) is 19.3 Å². The molecule has 3 aromatic carbocycles. The minimum absolute atomic E-state index is 0.0779. The predicted octanol–water partition coefficient (Wildman–Crippen LogP) is 6.51. The molecule has 49 heavy (non-hydrogen) atoms. The summed E-state index contributed by atoms with van der Waals surface area (Å²) in [6.45, 7) is 12.2. The van der Waals surface area contributed by atoms with Gasteiger partial charge in [-0.2, -0.15) is 9.97 Å². The Kier molecular flexibility index (Phi) is 9.22. The number of amides is 1. The van der Waals surface area contributed by atoms with E-state index in [0.29, 0.717) is 43.0 Å². The summed E-state index contributed by atoms with van der Waals surface area (Å²) in [6, 6.07) is 21.1. The first kappa shape index (κ1) is 32.2. The van der Waals surface area contributed by atoms with E-state index in [1.807, 2.05) is 78.6 Å². The highest BCUT2D eigenvalue weighted by Crippen LogP contribution is 2.36. The fourth-order valence-corrected chi connectivity index (χ4v) is 6.95. The van der Waals surface area contributed by atoms with E-state index in [9.17, 15) is 4.79 Å². The van der Waals surface area contributed by atoms with Crippen LogP contribution in [0.3, 0.4) is 0 Å². The van der Waals surface area contributed by atoms with Gasteiger partial charge in [-0.1, -0.05) is 66.7 Å². The molecule has 11 heteroatoms. The summed E-state index contributed by atoms with van der Waals surface area (Å²) in [5.74, 6) is -0.0975. The van der Waals surface area contributed by atoms with Crippen LogP contribution in [-0.4, -0.2) is 89.3 Å². The lowest BCUT2D eigenvalue weighted by Crippen LogP contribution is -2.56. The van der Waals surface area contributed by atoms with Crippen molar-refractivity contribution in [3.05, 3.63) is 101 Å². The number of aromatic nitrogens is 3. The van der Waals surface area contributed by atoms with Crippen molar-refractivity contribution >= 4 is 33.6 Å². The molecular formula is C38H38FN7O3. The normalized spacial score (nSPS) is 18.2. The number of aryl methyl sites for hydroxylation is 1. The first-order valence-electron chi connectivity index (χ1n) is 16.6. The van der Waals surface area contributed by atoms with Crippen LogP contribution < -0.4 is 9.64 Å². The van der Waals surface area contributed by atoms with Crippen molar-refractivity contribution in [2.45, 2.75) is 38.5 Å². The Balaban J connectivity index is 1.24. The number of rotatable bonds is 8. The third-order valence-corrected chi connectivity index (χ3v) is 9.61. The van der Waals surface area contributed by atoms with Gasteiger partial charge in [0.05, 0.1) is 5.39 Å². The van der Waals surface area contributed by atoms with Gasteiger partial charge in [0, 0.05) is 37.4 Å². The molecule has 0 spiro atoms. The van der Waals surface area contributed by atoms with Gasteiger partial charge in [-0.15, -0.1) is 0 Å². The smallest absolute Gasteiger partial charge is 0.410 e. The molecule has 0 radical (unpaired) electrons. The first-order chi connectivity index (χ1) is 23.9. The molecule has 0 unspecified atom stereocenters. The van der Waals surface area contributed by atoms with Crippen LogP contribution in [0.5, 0.6) is 6.01 Å². The molecule has 2 aliphatic rings. The molecule has 5 aromatic rings. The highest BCUT2D eigenvalue weighted by molar-refractivity contribution is 6.00. The zero-order chi connectivity index (χ0) is 33.9. The Bertz CT molecular complexity index is 2030. The SMILES string of the molecule is [C-]#[N+]C[C@H]1CN(c2nc(OC[C@@H]3CCCN3C)nc3c(F)c(-c4cccc5cccc(C)c45)ncc23)CCN1C(=O)OCc1ccccc1. The number of anilines is 1. The van der Waals surface area contributed by atoms with Gasteiger partial charge in [-0.05, 0) is 55.3 Å². The van der Waals surface area contributed by atoms with Gasteiger partial charge in [0.1, 0.15) is 36.3 Å². The Hall–Kier alpha value is -5.34. The summed E-state index contributed by atoms with van der Waals surface area (Å²) in [4.78, 5) is 36.8. The average Bonchev–Trinajstić information content (AvgIpc) is 3.54. The number of hydrogen-bond acceptors (Lipinski definition) is 8. The molecule has 2 atom stereocenters. The van der Waals surface area contributed by atoms with E-state index >= 15 is 4.39 Å². The van der Waals surface area contributed by atoms with Crippen LogP contribution >= 0.6 is 0 Å². The molecule has 10 nitrogen and oxygen atoms in total. The molecule has 2 fully saturated rings. The van der Waals surface area contributed by atoms with Crippen molar-refractivity contribution in [3.63, 3.8) is 0 Å². The van der Waals surface area contributed by atoms with Crippen LogP contribution in [0.25, 0.3) is 37.8 Å². The van der Waals surface area contributed by atoms with E-state index in [2.05, 4.69) is 26.8 Å². The fraction of sp³-hybridized carbons (Fsp3) is 0.342. The number of carbonyl (C=O) groups is 1. The number of likely N-dealkylation sites (N-methyl/N-ethyl adjacent to an activating group) is 1. The largest absolute Gasteiger partial charge is 0.462 e. The maximum Gasteiger partial charge on any atom is 0.410 e. The van der Waals surface area contributed by atoms with E-state index in [1.165, 1.54) is 0 Å². The van der Waals surface area contributed by atoms with E-state index in [-0.39, 0.29) is 36.4 Å². The lowest BCUT2D eigenvalue weighted by molar-refractivity contribution is 0.0788. The molecule has 0 N–H and O–H groups in total. The number of likely N-dealkylation sites (tertiary alicyclic amines) is 1. The number of fused-ring (bicyclic) bond motifs is 2. The number of halogens is 1. The highest BCUT2D eigenvalue weighted by atomic mass is 19.1. The molecule has 0 saturated carbocycles. The third kappa shape index (κ3) is 6.56. The van der Waals surface area contributed by atoms with Gasteiger partial charge in [-0.3, -0.25) is 9.88 Å². The summed E-state index contributed by atoms with van der Waals surface area (Å²) in [5, 5.41) is 2.37. The number of hydrogen-bond donors (Lipinski definition) is 0. The summed E-state index contributed by atoms with van der Waals surface area (Å²) < 4.78 is 28.6. The van der Waals surface area contributed by atoms with Gasteiger partial charge in [-0.25, -0.2) is 15.8 Å². The van der Waals surface area contributed by atoms with Crippen molar-refractivity contribution in [3.8, 4) is 17.3 Å². The summed E-state index contributed by atoms with van der Waals surface area (Å²) >= 11 is 0. The minimum Gasteiger partial charge on any atom is -0.462 e. The molecule has 2 aromatic heterocycles. The van der Waals surface area contributed by atoms with Crippen LogP contribution in [-0.2, 0) is 11.3 Å². The molecule has 2 saturated heterocycles. The molecule has 1 amide bonds. The Morgan fingerprint density at radius 3 is 2.61 bits per heavy atom. The summed E-state index contributed by atoms with van der Waals surface area (Å²) in [5.41, 5.74) is 2.91. The number of carbonyl (C=O) groups excluding carboxylic acids is 1. The van der Waals surface area contributed by atoms with Crippen molar-refractivity contribution in [2.75, 3.05) is 51.3 Å². The zero-order valence-electron chi connectivity index (χ0n) is 27.7. The topological polar surface area (TPSA) is 88.3 Å². The van der Waals surface area contributed by atoms with E-state index in [4.69, 9.17) is 21.0 Å². The predicted molar refractivity (Wildman–Crippen MR) is 187 cm³/mol. The zero-order valence-corrected chi connectivity index (χ0v) is 27.7. The van der Waals surface area contributed by atoms with Crippen LogP contribution in [0.15, 0.2) is 72.9 Å². The lowest BCUT2D eigenvalue weighted by atomic mass is 9.97. The average molecular weight is 660 g/mol. The standard InChI is InChI=1S/C38H38FN7O3/c1-25-10-7-13-27-14-8-16-30(32(25)27)34-33(39)35-31(21-41-34)36(43-37(42-35)48-24-28-15-9-17-44(28)3)45-18-19-46(29(22-45)20-40-2)38(47)49-23-26-11-5-4-6-12-26/h4-8,10-14,16,21,28-29H,9,15,17-20,22-24H2,1,3H3/t28-,29-/m0/s1. The molecule has 0 bridgehead atoms. The van der Waals surface area contributed by atoms with Gasteiger partial charge < -0.3 is 24.1 Å². The molecular weight excluding hydrogens is 621 g/mol. The molecule has 0 aliphatic carbocycles. The van der Waals surface area contributed by atoms with Crippen molar-refractivity contribution in [2.24, 2.45) is 0 Å². The second-order valence-electron chi connectivity index (χ2n) is 12.8. The van der Waals surface area contributed by atoms with Crippen LogP contribution in [0.1, 0.15) is 24.0 Å². The van der Waals surface area contributed by atoms with E-state index in [1.54, 1.807) is 11.1 Å². The molecule has 7 rings (SSSR count). The number of nitrogens with zero attached hydrogens (tertiary/aromatic N) is 7. The fourth-order valence-electron chi connectivity index (χ4n) is 6.95. The third-order valence-electron chi connectivity index (χ3n) is 9.61. The number of pyridine rings is 1. The summed E-state index contributed by atoms with van der Waals surface area (Å²) in [6.07, 6.45) is 3.24. The number of benzene rings is 3. The van der Waals surface area contributed by atoms with Crippen molar-refractivity contribution in [1.29, 1.82) is 0 Å². The van der Waals surface area contributed by atoms with Gasteiger partial charge in [0.15, 0.2) is 5.82 Å². The van der Waals surface area contributed by atoms with E-state index < -0.39 is 18.0 Å². The van der Waals surface area contributed by atoms with Crippen LogP contribution in [0.2, 0.25) is 0 Å². The lowest BCUT2D eigenvalue weighted by Gasteiger charge is -2.39. The minimum atomic E-state index is -0.555. The van der Waals surface area contributed by atoms with Crippen LogP contribution in [0.4, 0.5) is 15.0 Å². The molecule has 250 valence electrons. The van der Waals surface area contributed by atoms with Gasteiger partial charge in [0.25, 0.3) is 0 Å². The molecule has 4 heterocycles. The monoisotopic (exact) mass is 659 g/mol. The second kappa shape index (κ2) is 14.0. The highest BCUT2D eigenvalue weighted by Gasteiger charge is 2.35. The summed E-state index contributed by atoms with van der Waals surface area (Å²) in [7, 11) is 2.07. The van der Waals surface area contributed by atoms with Gasteiger partial charge >= 0.3 is 12.1 Å². The second-order valence-corrected chi connectivity index (χ2v) is 12.8. The first-order valence-corrected chi connectivity index (χ1v) is 16.6. The maximum atomic E-state index is 16.8. The molecule has 2 aliphatic heterocycles. The van der Waals surface area contributed by atoms with E-state index in [0.717, 1.165) is 41.3 Å². The Labute approximate surface area is 284 Å². The number of ether oxygens (including phenoxy) is 2. The van der Waals surface area contributed by atoms with Crippen molar-refractivity contribution in [1.82, 2.24) is 24.8 Å². The quantitative estimate of drug-likeness (QED) is 0.174. The Morgan fingerprint density at radius 2 is 1.84 bits per heavy atom. The van der Waals surface area contributed by atoms with Crippen molar-refractivity contribution < 1.29 is 18.7 Å².